The molecule has 3 atom stereocenters. The van der Waals surface area contributed by atoms with Gasteiger partial charge in [0.05, 0.1) is 11.9 Å². The topological polar surface area (TPSA) is 52.0 Å². The third-order valence-electron chi connectivity index (χ3n) is 5.60. The van der Waals surface area contributed by atoms with E-state index in [2.05, 4.69) is 12.0 Å². The van der Waals surface area contributed by atoms with Gasteiger partial charge in [-0.3, -0.25) is 9.59 Å². The molecule has 2 aliphatic rings. The molecule has 4 heteroatoms. The maximum absolute atomic E-state index is 12.9. The average molecular weight is 322 g/mol. The Balaban J connectivity index is 1.81. The number of carbonyl (C=O) groups is 2. The molecule has 0 amide bonds. The van der Waals surface area contributed by atoms with Crippen molar-refractivity contribution in [1.82, 2.24) is 9.78 Å². The molecule has 4 rings (SSSR count). The van der Waals surface area contributed by atoms with Crippen LogP contribution in [0, 0.1) is 18.8 Å². The highest BCUT2D eigenvalue weighted by atomic mass is 16.2. The monoisotopic (exact) mass is 322 g/mol. The van der Waals surface area contributed by atoms with Crippen LogP contribution in [0.2, 0.25) is 0 Å². The number of benzene rings is 1. The summed E-state index contributed by atoms with van der Waals surface area (Å²) in [6.45, 7) is 4.07. The van der Waals surface area contributed by atoms with Crippen LogP contribution in [0.1, 0.15) is 48.8 Å². The van der Waals surface area contributed by atoms with Crippen LogP contribution in [0.15, 0.2) is 30.6 Å². The van der Waals surface area contributed by atoms with Gasteiger partial charge in [-0.05, 0) is 61.4 Å². The van der Waals surface area contributed by atoms with Crippen molar-refractivity contribution in [2.75, 3.05) is 0 Å². The van der Waals surface area contributed by atoms with Gasteiger partial charge in [0, 0.05) is 18.0 Å². The van der Waals surface area contributed by atoms with Crippen LogP contribution >= 0.6 is 0 Å². The van der Waals surface area contributed by atoms with Crippen LogP contribution in [0.3, 0.4) is 0 Å². The largest absolute Gasteiger partial charge is 0.298 e. The second-order valence-electron chi connectivity index (χ2n) is 7.14. The summed E-state index contributed by atoms with van der Waals surface area (Å²) >= 11 is 0. The zero-order valence-corrected chi connectivity index (χ0v) is 14.2. The van der Waals surface area contributed by atoms with Crippen molar-refractivity contribution in [3.8, 4) is 5.69 Å². The summed E-state index contributed by atoms with van der Waals surface area (Å²) in [7, 11) is 0. The average Bonchev–Trinajstić information content (AvgIpc) is 3.21. The van der Waals surface area contributed by atoms with Gasteiger partial charge in [-0.15, -0.1) is 0 Å². The van der Waals surface area contributed by atoms with E-state index in [0.29, 0.717) is 0 Å². The molecule has 2 bridgehead atoms. The number of aryl methyl sites for hydroxylation is 2. The first-order valence-corrected chi connectivity index (χ1v) is 8.80. The maximum Gasteiger partial charge on any atom is 0.150 e. The Morgan fingerprint density at radius 3 is 2.46 bits per heavy atom. The zero-order valence-electron chi connectivity index (χ0n) is 14.2. The molecule has 1 aromatic heterocycles. The smallest absolute Gasteiger partial charge is 0.150 e. The van der Waals surface area contributed by atoms with Crippen molar-refractivity contribution >= 4 is 11.6 Å². The molecular formula is C20H22N2O2. The Morgan fingerprint density at radius 2 is 1.88 bits per heavy atom. The van der Waals surface area contributed by atoms with Crippen LogP contribution in [-0.4, -0.2) is 21.3 Å². The first-order chi connectivity index (χ1) is 11.6. The van der Waals surface area contributed by atoms with Gasteiger partial charge in [-0.1, -0.05) is 13.0 Å². The van der Waals surface area contributed by atoms with Crippen LogP contribution in [-0.2, 0) is 16.0 Å². The third kappa shape index (κ3) is 2.32. The molecule has 124 valence electrons. The van der Waals surface area contributed by atoms with Crippen molar-refractivity contribution in [1.29, 1.82) is 0 Å². The summed E-state index contributed by atoms with van der Waals surface area (Å²) in [5.74, 6) is -0.131. The van der Waals surface area contributed by atoms with Gasteiger partial charge < -0.3 is 0 Å². The Kier molecular flexibility index (Phi) is 3.63. The number of aromatic nitrogens is 2. The number of hydrogen-bond donors (Lipinski definition) is 0. The highest BCUT2D eigenvalue weighted by Gasteiger charge is 2.47. The fourth-order valence-corrected chi connectivity index (χ4v) is 4.29. The quantitative estimate of drug-likeness (QED) is 0.814. The summed E-state index contributed by atoms with van der Waals surface area (Å²) in [4.78, 5) is 25.7. The van der Waals surface area contributed by atoms with E-state index in [1.807, 2.05) is 42.2 Å². The van der Waals surface area contributed by atoms with Crippen molar-refractivity contribution in [3.05, 3.63) is 47.3 Å². The minimum absolute atomic E-state index is 0.0815. The molecule has 0 spiro atoms. The molecule has 2 aromatic rings. The lowest BCUT2D eigenvalue weighted by atomic mass is 9.74. The van der Waals surface area contributed by atoms with E-state index in [1.165, 1.54) is 0 Å². The van der Waals surface area contributed by atoms with Gasteiger partial charge in [0.25, 0.3) is 0 Å². The molecule has 2 saturated carbocycles. The fourth-order valence-electron chi connectivity index (χ4n) is 4.29. The molecule has 1 heterocycles. The van der Waals surface area contributed by atoms with E-state index in [0.717, 1.165) is 48.1 Å². The Labute approximate surface area is 141 Å². The van der Waals surface area contributed by atoms with Gasteiger partial charge in [0.1, 0.15) is 5.92 Å². The molecular weight excluding hydrogens is 300 g/mol. The number of carbonyl (C=O) groups excluding carboxylic acids is 2. The van der Waals surface area contributed by atoms with E-state index in [4.69, 9.17) is 0 Å². The second kappa shape index (κ2) is 5.69. The van der Waals surface area contributed by atoms with E-state index in [1.54, 1.807) is 0 Å². The minimum Gasteiger partial charge on any atom is -0.298 e. The number of ketones is 2. The lowest BCUT2D eigenvalue weighted by Gasteiger charge is -2.27. The molecule has 0 saturated heterocycles. The van der Waals surface area contributed by atoms with Crippen LogP contribution in [0.5, 0.6) is 0 Å². The first-order valence-electron chi connectivity index (χ1n) is 8.80. The number of Topliss-reactive ketones (excluding diaryl/α,β-unsaturated/α-hetero) is 2. The molecule has 0 radical (unpaired) electrons. The van der Waals surface area contributed by atoms with Crippen molar-refractivity contribution in [3.63, 3.8) is 0 Å². The molecule has 1 unspecified atom stereocenters. The van der Waals surface area contributed by atoms with Gasteiger partial charge >= 0.3 is 0 Å². The van der Waals surface area contributed by atoms with Crippen molar-refractivity contribution in [2.45, 2.75) is 45.4 Å². The molecule has 24 heavy (non-hydrogen) atoms. The summed E-state index contributed by atoms with van der Waals surface area (Å²) in [5, 5.41) is 4.35. The van der Waals surface area contributed by atoms with E-state index < -0.39 is 5.92 Å². The van der Waals surface area contributed by atoms with Crippen LogP contribution in [0.25, 0.3) is 5.69 Å². The van der Waals surface area contributed by atoms with Gasteiger partial charge in [-0.25, -0.2) is 4.68 Å². The van der Waals surface area contributed by atoms with Gasteiger partial charge in [0.15, 0.2) is 11.6 Å². The van der Waals surface area contributed by atoms with Gasteiger partial charge in [0.2, 0.25) is 0 Å². The molecule has 1 aromatic carbocycles. The molecule has 0 N–H and O–H groups in total. The normalized spacial score (nSPS) is 26.2. The van der Waals surface area contributed by atoms with Crippen molar-refractivity contribution < 1.29 is 9.59 Å². The summed E-state index contributed by atoms with van der Waals surface area (Å²) in [6.07, 6.45) is 7.12. The lowest BCUT2D eigenvalue weighted by molar-refractivity contribution is -0.135. The van der Waals surface area contributed by atoms with Crippen LogP contribution < -0.4 is 0 Å². The maximum atomic E-state index is 12.9. The summed E-state index contributed by atoms with van der Waals surface area (Å²) in [5.41, 5.74) is 3.98. The highest BCUT2D eigenvalue weighted by molar-refractivity contribution is 6.12. The summed E-state index contributed by atoms with van der Waals surface area (Å²) in [6, 6.07) is 6.05. The van der Waals surface area contributed by atoms with E-state index >= 15 is 0 Å². The first kappa shape index (κ1) is 15.3. The summed E-state index contributed by atoms with van der Waals surface area (Å²) < 4.78 is 1.81. The van der Waals surface area contributed by atoms with Crippen LogP contribution in [0.4, 0.5) is 0 Å². The third-order valence-corrected chi connectivity index (χ3v) is 5.60. The SMILES string of the molecule is CCc1ccc(-n2cc(C)cn2)cc1C1C(=O)[C@@H]2CC[C@@H](C2)C1=O. The standard InChI is InChI=1S/C20H22N2O2/c1-3-13-6-7-16(22-11-12(2)10-21-22)9-17(13)18-19(23)14-4-5-15(8-14)20(18)24/h6-7,9-11,14-15,18H,3-5,8H2,1-2H3/t14-,15+,18?. The lowest BCUT2D eigenvalue weighted by Crippen LogP contribution is -2.35. The molecule has 4 nitrogen and oxygen atoms in total. The fraction of sp³-hybridized carbons (Fsp3) is 0.450. The molecule has 2 aliphatic carbocycles. The Bertz CT molecular complexity index is 799. The zero-order chi connectivity index (χ0) is 16.8. The molecule has 2 fully saturated rings. The van der Waals surface area contributed by atoms with E-state index in [9.17, 15) is 9.59 Å². The van der Waals surface area contributed by atoms with E-state index in [-0.39, 0.29) is 23.4 Å². The number of hydrogen-bond acceptors (Lipinski definition) is 3. The highest BCUT2D eigenvalue weighted by Crippen LogP contribution is 2.44. The number of rotatable bonds is 3. The second-order valence-corrected chi connectivity index (χ2v) is 7.14. The Hall–Kier alpha value is -2.23. The predicted octanol–water partition coefficient (Wildman–Crippen LogP) is 3.39. The van der Waals surface area contributed by atoms with Gasteiger partial charge in [-0.2, -0.15) is 5.10 Å². The van der Waals surface area contributed by atoms with Crippen molar-refractivity contribution in [2.24, 2.45) is 11.8 Å². The predicted molar refractivity (Wildman–Crippen MR) is 91.3 cm³/mol. The number of nitrogens with zero attached hydrogens (tertiary/aromatic N) is 2. The molecule has 0 aliphatic heterocycles. The Morgan fingerprint density at radius 1 is 1.17 bits per heavy atom. The minimum atomic E-state index is -0.567. The number of fused-ring (bicyclic) bond motifs is 2.